The molecule has 0 unspecified atom stereocenters. The van der Waals surface area contributed by atoms with Gasteiger partial charge in [-0.1, -0.05) is 6.07 Å². The number of nitrogens with zero attached hydrogens (tertiary/aromatic N) is 4. The van der Waals surface area contributed by atoms with E-state index in [-0.39, 0.29) is 5.91 Å². The number of nitrogens with one attached hydrogen (secondary N) is 1. The van der Waals surface area contributed by atoms with Crippen LogP contribution in [0.4, 0.5) is 0 Å². The number of rotatable bonds is 7. The average Bonchev–Trinajstić information content (AvgIpc) is 3.30. The van der Waals surface area contributed by atoms with Crippen LogP contribution in [0.2, 0.25) is 0 Å². The summed E-state index contributed by atoms with van der Waals surface area (Å²) in [4.78, 5) is 15.9. The monoisotopic (exact) mass is 367 g/mol. The molecule has 0 saturated carbocycles. The maximum absolute atomic E-state index is 11.3. The van der Waals surface area contributed by atoms with Crippen LogP contribution in [0.5, 0.6) is 5.75 Å². The summed E-state index contributed by atoms with van der Waals surface area (Å²) in [5.41, 5.74) is 4.10. The van der Waals surface area contributed by atoms with Crippen LogP contribution in [0.1, 0.15) is 24.0 Å². The van der Waals surface area contributed by atoms with E-state index in [1.807, 2.05) is 28.6 Å². The molecule has 0 aliphatic carbocycles. The second kappa shape index (κ2) is 8.07. The van der Waals surface area contributed by atoms with Crippen molar-refractivity contribution in [3.05, 3.63) is 48.0 Å². The van der Waals surface area contributed by atoms with Crippen LogP contribution in [-0.4, -0.2) is 39.4 Å². The first-order valence-electron chi connectivity index (χ1n) is 8.96. The molecule has 1 N–H and O–H groups in total. The molecule has 27 heavy (non-hydrogen) atoms. The molecule has 0 aliphatic rings. The molecule has 0 aliphatic heterocycles. The lowest BCUT2D eigenvalue weighted by Crippen LogP contribution is -2.17. The molecular weight excluding hydrogens is 342 g/mol. The van der Waals surface area contributed by atoms with Gasteiger partial charge in [-0.25, -0.2) is 4.98 Å². The summed E-state index contributed by atoms with van der Waals surface area (Å²) in [7, 11) is 3.33. The van der Waals surface area contributed by atoms with E-state index in [1.54, 1.807) is 26.6 Å². The molecule has 3 aromatic rings. The number of aryl methyl sites for hydroxylation is 3. The van der Waals surface area contributed by atoms with E-state index in [1.165, 1.54) is 0 Å². The molecule has 0 atom stereocenters. The number of imidazole rings is 1. The Bertz CT molecular complexity index is 942. The first-order valence-corrected chi connectivity index (χ1v) is 8.96. The van der Waals surface area contributed by atoms with Crippen molar-refractivity contribution in [3.63, 3.8) is 0 Å². The van der Waals surface area contributed by atoms with Gasteiger partial charge >= 0.3 is 0 Å². The minimum absolute atomic E-state index is 0.0428. The second-order valence-electron chi connectivity index (χ2n) is 6.52. The molecule has 7 nitrogen and oxygen atoms in total. The van der Waals surface area contributed by atoms with Gasteiger partial charge in [-0.3, -0.25) is 14.0 Å². The highest BCUT2D eigenvalue weighted by Crippen LogP contribution is 2.34. The third-order valence-electron chi connectivity index (χ3n) is 4.47. The largest absolute Gasteiger partial charge is 0.496 e. The Labute approximate surface area is 159 Å². The van der Waals surface area contributed by atoms with Crippen molar-refractivity contribution in [3.8, 4) is 22.8 Å². The Morgan fingerprint density at radius 3 is 2.85 bits per heavy atom. The van der Waals surface area contributed by atoms with Crippen LogP contribution >= 0.6 is 0 Å². The van der Waals surface area contributed by atoms with E-state index < -0.39 is 0 Å². The molecule has 7 heteroatoms. The number of aromatic nitrogens is 4. The third kappa shape index (κ3) is 4.02. The minimum Gasteiger partial charge on any atom is -0.496 e. The third-order valence-corrected chi connectivity index (χ3v) is 4.47. The fourth-order valence-electron chi connectivity index (χ4n) is 3.23. The summed E-state index contributed by atoms with van der Waals surface area (Å²) in [6.45, 7) is 4.78. The highest BCUT2D eigenvalue weighted by molar-refractivity contribution is 5.75. The number of hydrogen-bond acceptors (Lipinski definition) is 4. The number of amides is 1. The summed E-state index contributed by atoms with van der Waals surface area (Å²) in [5.74, 6) is 1.68. The number of ether oxygens (including phenoxy) is 1. The van der Waals surface area contributed by atoms with Gasteiger partial charge in [0.05, 0.1) is 24.6 Å². The molecule has 3 rings (SSSR count). The maximum Gasteiger partial charge on any atom is 0.219 e. The fraction of sp³-hybridized carbons (Fsp3) is 0.350. The van der Waals surface area contributed by atoms with Crippen LogP contribution in [0.25, 0.3) is 17.1 Å². The van der Waals surface area contributed by atoms with Gasteiger partial charge in [0.1, 0.15) is 11.6 Å². The van der Waals surface area contributed by atoms with Crippen molar-refractivity contribution in [1.29, 1.82) is 0 Å². The van der Waals surface area contributed by atoms with E-state index >= 15 is 0 Å². The zero-order valence-corrected chi connectivity index (χ0v) is 16.2. The predicted molar refractivity (Wildman–Crippen MR) is 104 cm³/mol. The molecule has 142 valence electrons. The smallest absolute Gasteiger partial charge is 0.219 e. The van der Waals surface area contributed by atoms with Gasteiger partial charge in [0.25, 0.3) is 0 Å². The summed E-state index contributed by atoms with van der Waals surface area (Å²) in [6.07, 6.45) is 8.68. The van der Waals surface area contributed by atoms with Gasteiger partial charge in [0.2, 0.25) is 5.91 Å². The molecule has 0 fully saturated rings. The van der Waals surface area contributed by atoms with Crippen LogP contribution in [-0.2, 0) is 11.3 Å². The predicted octanol–water partition coefficient (Wildman–Crippen LogP) is 2.89. The number of carbonyl (C=O) groups excluding carboxylic acids is 1. The maximum atomic E-state index is 11.3. The van der Waals surface area contributed by atoms with Crippen molar-refractivity contribution in [2.45, 2.75) is 33.2 Å². The van der Waals surface area contributed by atoms with Gasteiger partial charge < -0.3 is 10.1 Å². The van der Waals surface area contributed by atoms with Gasteiger partial charge in [-0.2, -0.15) is 5.10 Å². The normalized spacial score (nSPS) is 10.8. The van der Waals surface area contributed by atoms with Gasteiger partial charge in [0.15, 0.2) is 0 Å². The molecule has 0 spiro atoms. The van der Waals surface area contributed by atoms with Gasteiger partial charge in [-0.05, 0) is 37.5 Å². The summed E-state index contributed by atoms with van der Waals surface area (Å²) in [6, 6.07) is 4.18. The van der Waals surface area contributed by atoms with Crippen molar-refractivity contribution in [2.75, 3.05) is 14.2 Å². The Kier molecular flexibility index (Phi) is 5.59. The Morgan fingerprint density at radius 2 is 2.11 bits per heavy atom. The standard InChI is InChI=1S/C20H25N5O2/c1-14-10-15(2)19(27-4)17(11-14)20-22-7-9-25(20)16-12-23-24(13-16)8-5-6-18(26)21-3/h7,9-13H,5-6,8H2,1-4H3,(H,21,26). The Morgan fingerprint density at radius 1 is 1.30 bits per heavy atom. The lowest BCUT2D eigenvalue weighted by Gasteiger charge is -2.13. The van der Waals surface area contributed by atoms with Crippen molar-refractivity contribution in [2.24, 2.45) is 0 Å². The SMILES string of the molecule is CNC(=O)CCCn1cc(-n2ccnc2-c2cc(C)cc(C)c2OC)cn1. The average molecular weight is 367 g/mol. The zero-order valence-electron chi connectivity index (χ0n) is 16.2. The molecular formula is C20H25N5O2. The van der Waals surface area contributed by atoms with Crippen LogP contribution in [0, 0.1) is 13.8 Å². The van der Waals surface area contributed by atoms with E-state index in [4.69, 9.17) is 4.74 Å². The molecule has 0 radical (unpaired) electrons. The van der Waals surface area contributed by atoms with Crippen LogP contribution in [0.15, 0.2) is 36.9 Å². The Hall–Kier alpha value is -3.09. The molecule has 1 amide bonds. The van der Waals surface area contributed by atoms with Crippen molar-refractivity contribution >= 4 is 5.91 Å². The molecule has 1 aromatic carbocycles. The summed E-state index contributed by atoms with van der Waals surface area (Å²) < 4.78 is 9.47. The number of benzene rings is 1. The van der Waals surface area contributed by atoms with E-state index in [2.05, 4.69) is 34.5 Å². The summed E-state index contributed by atoms with van der Waals surface area (Å²) >= 11 is 0. The van der Waals surface area contributed by atoms with Crippen LogP contribution in [0.3, 0.4) is 0 Å². The van der Waals surface area contributed by atoms with E-state index in [9.17, 15) is 4.79 Å². The first-order chi connectivity index (χ1) is 13.0. The highest BCUT2D eigenvalue weighted by atomic mass is 16.5. The number of carbonyl (C=O) groups is 1. The minimum atomic E-state index is 0.0428. The molecule has 0 saturated heterocycles. The van der Waals surface area contributed by atoms with Gasteiger partial charge in [0, 0.05) is 38.6 Å². The first kappa shape index (κ1) is 18.7. The zero-order chi connectivity index (χ0) is 19.4. The molecule has 0 bridgehead atoms. The summed E-state index contributed by atoms with van der Waals surface area (Å²) in [5, 5.41) is 7.04. The second-order valence-corrected chi connectivity index (χ2v) is 6.52. The molecule has 2 heterocycles. The van der Waals surface area contributed by atoms with Crippen molar-refractivity contribution in [1.82, 2.24) is 24.6 Å². The van der Waals surface area contributed by atoms with Crippen molar-refractivity contribution < 1.29 is 9.53 Å². The number of methoxy groups -OCH3 is 1. The highest BCUT2D eigenvalue weighted by Gasteiger charge is 2.16. The lowest BCUT2D eigenvalue weighted by molar-refractivity contribution is -0.120. The van der Waals surface area contributed by atoms with Crippen LogP contribution < -0.4 is 10.1 Å². The quantitative estimate of drug-likeness (QED) is 0.697. The lowest BCUT2D eigenvalue weighted by atomic mass is 10.0. The topological polar surface area (TPSA) is 74.0 Å². The number of hydrogen-bond donors (Lipinski definition) is 1. The van der Waals surface area contributed by atoms with Gasteiger partial charge in [-0.15, -0.1) is 0 Å². The Balaban J connectivity index is 1.88. The fourth-order valence-corrected chi connectivity index (χ4v) is 3.23. The van der Waals surface area contributed by atoms with E-state index in [0.717, 1.165) is 40.4 Å². The molecule has 2 aromatic heterocycles. The van der Waals surface area contributed by atoms with E-state index in [0.29, 0.717) is 13.0 Å².